The lowest BCUT2D eigenvalue weighted by atomic mass is 10.1. The topological polar surface area (TPSA) is 118 Å². The lowest BCUT2D eigenvalue weighted by Crippen LogP contribution is -2.32. The number of para-hydroxylation sites is 1. The van der Waals surface area contributed by atoms with E-state index < -0.39 is 11.8 Å². The van der Waals surface area contributed by atoms with E-state index in [0.717, 1.165) is 16.8 Å². The number of nitrogens with zero attached hydrogens (tertiary/aromatic N) is 1. The maximum atomic E-state index is 12.4. The second-order valence-corrected chi connectivity index (χ2v) is 7.58. The molecule has 3 aromatic carbocycles. The first-order chi connectivity index (χ1) is 16.9. The Kier molecular flexibility index (Phi) is 8.55. The van der Waals surface area contributed by atoms with Crippen LogP contribution in [0.3, 0.4) is 0 Å². The van der Waals surface area contributed by atoms with Gasteiger partial charge in [0.2, 0.25) is 0 Å². The molecule has 0 radical (unpaired) electrons. The largest absolute Gasteiger partial charge is 0.497 e. The third kappa shape index (κ3) is 7.43. The summed E-state index contributed by atoms with van der Waals surface area (Å²) in [6.45, 7) is 3.64. The van der Waals surface area contributed by atoms with E-state index in [0.29, 0.717) is 22.7 Å². The third-order valence-corrected chi connectivity index (χ3v) is 4.85. The van der Waals surface area contributed by atoms with Crippen molar-refractivity contribution in [2.24, 2.45) is 5.10 Å². The van der Waals surface area contributed by atoms with Gasteiger partial charge in [-0.3, -0.25) is 14.4 Å². The zero-order valence-electron chi connectivity index (χ0n) is 19.6. The molecule has 0 fully saturated rings. The molecule has 3 aromatic rings. The molecule has 0 unspecified atom stereocenters. The van der Waals surface area contributed by atoms with Gasteiger partial charge in [-0.25, -0.2) is 5.43 Å². The molecule has 0 aromatic heterocycles. The van der Waals surface area contributed by atoms with Crippen molar-refractivity contribution in [2.75, 3.05) is 24.4 Å². The molecule has 35 heavy (non-hydrogen) atoms. The number of hydrazone groups is 1. The van der Waals surface area contributed by atoms with Gasteiger partial charge in [0.25, 0.3) is 5.91 Å². The summed E-state index contributed by atoms with van der Waals surface area (Å²) in [6, 6.07) is 19.3. The van der Waals surface area contributed by atoms with Crippen molar-refractivity contribution in [3.05, 3.63) is 83.4 Å². The van der Waals surface area contributed by atoms with Crippen LogP contribution in [0.4, 0.5) is 11.4 Å². The molecular formula is C26H26N4O5. The van der Waals surface area contributed by atoms with Gasteiger partial charge in [-0.1, -0.05) is 30.3 Å². The number of hydrogen-bond acceptors (Lipinski definition) is 6. The van der Waals surface area contributed by atoms with Crippen LogP contribution in [-0.2, 0) is 14.4 Å². The van der Waals surface area contributed by atoms with E-state index in [4.69, 9.17) is 9.47 Å². The maximum Gasteiger partial charge on any atom is 0.329 e. The van der Waals surface area contributed by atoms with E-state index in [1.54, 1.807) is 48.5 Å². The lowest BCUT2D eigenvalue weighted by molar-refractivity contribution is -0.136. The van der Waals surface area contributed by atoms with Crippen molar-refractivity contribution in [1.29, 1.82) is 0 Å². The van der Waals surface area contributed by atoms with Crippen molar-refractivity contribution in [2.45, 2.75) is 13.8 Å². The second kappa shape index (κ2) is 12.0. The van der Waals surface area contributed by atoms with E-state index in [2.05, 4.69) is 21.2 Å². The highest BCUT2D eigenvalue weighted by molar-refractivity contribution is 6.39. The van der Waals surface area contributed by atoms with Crippen LogP contribution in [0.5, 0.6) is 11.5 Å². The Bertz CT molecular complexity index is 1260. The number of methoxy groups -OCH3 is 1. The minimum atomic E-state index is -0.949. The van der Waals surface area contributed by atoms with E-state index in [1.807, 2.05) is 32.0 Å². The molecular weight excluding hydrogens is 448 g/mol. The molecule has 0 atom stereocenters. The normalized spacial score (nSPS) is 10.5. The minimum Gasteiger partial charge on any atom is -0.497 e. The summed E-state index contributed by atoms with van der Waals surface area (Å²) in [7, 11) is 1.50. The predicted octanol–water partition coefficient (Wildman–Crippen LogP) is 3.42. The molecule has 0 bridgehead atoms. The highest BCUT2D eigenvalue weighted by Gasteiger charge is 2.13. The van der Waals surface area contributed by atoms with Gasteiger partial charge in [0, 0.05) is 23.0 Å². The van der Waals surface area contributed by atoms with Crippen LogP contribution in [0.25, 0.3) is 0 Å². The van der Waals surface area contributed by atoms with Crippen LogP contribution in [0.15, 0.2) is 71.8 Å². The smallest absolute Gasteiger partial charge is 0.329 e. The summed E-state index contributed by atoms with van der Waals surface area (Å²) in [5.74, 6) is -1.21. The second-order valence-electron chi connectivity index (χ2n) is 7.58. The summed E-state index contributed by atoms with van der Waals surface area (Å²) >= 11 is 0. The molecule has 0 saturated carbocycles. The molecule has 3 rings (SSSR count). The molecule has 0 aliphatic carbocycles. The number of carbonyl (C=O) groups excluding carboxylic acids is 3. The van der Waals surface area contributed by atoms with Crippen LogP contribution in [-0.4, -0.2) is 37.7 Å². The Morgan fingerprint density at radius 1 is 0.914 bits per heavy atom. The van der Waals surface area contributed by atoms with Crippen molar-refractivity contribution in [3.63, 3.8) is 0 Å². The van der Waals surface area contributed by atoms with Crippen LogP contribution in [0, 0.1) is 13.8 Å². The fourth-order valence-corrected chi connectivity index (χ4v) is 3.02. The first kappa shape index (κ1) is 25.0. The maximum absolute atomic E-state index is 12.4. The number of benzene rings is 3. The number of rotatable bonds is 8. The Balaban J connectivity index is 1.54. The average Bonchev–Trinajstić information content (AvgIpc) is 2.85. The standard InChI is InChI=1S/C26H26N4O5/c1-17-11-12-18(2)22(13-17)29-24(31)16-35-23-10-5-4-7-19(23)15-27-30-26(33)25(32)28-20-8-6-9-21(14-20)34-3/h4-15H,16H2,1-3H3,(H,28,32)(H,29,31)(H,30,33)/b27-15-. The van der Waals surface area contributed by atoms with Gasteiger partial charge in [-0.15, -0.1) is 0 Å². The fourth-order valence-electron chi connectivity index (χ4n) is 3.02. The minimum absolute atomic E-state index is 0.215. The molecule has 0 saturated heterocycles. The predicted molar refractivity (Wildman–Crippen MR) is 134 cm³/mol. The van der Waals surface area contributed by atoms with Gasteiger partial charge in [-0.05, 0) is 55.3 Å². The number of ether oxygens (including phenoxy) is 2. The van der Waals surface area contributed by atoms with Crippen LogP contribution >= 0.6 is 0 Å². The van der Waals surface area contributed by atoms with Gasteiger partial charge in [0.1, 0.15) is 11.5 Å². The summed E-state index contributed by atoms with van der Waals surface area (Å²) in [6.07, 6.45) is 1.33. The molecule has 0 heterocycles. The third-order valence-electron chi connectivity index (χ3n) is 4.85. The molecule has 180 valence electrons. The Morgan fingerprint density at radius 2 is 1.71 bits per heavy atom. The highest BCUT2D eigenvalue weighted by atomic mass is 16.5. The SMILES string of the molecule is COc1cccc(NC(=O)C(=O)N/N=C\c2ccccc2OCC(=O)Nc2cc(C)ccc2C)c1. The van der Waals surface area contributed by atoms with E-state index >= 15 is 0 Å². The van der Waals surface area contributed by atoms with Crippen LogP contribution in [0.2, 0.25) is 0 Å². The quantitative estimate of drug-likeness (QED) is 0.263. The van der Waals surface area contributed by atoms with Crippen LogP contribution in [0.1, 0.15) is 16.7 Å². The van der Waals surface area contributed by atoms with Gasteiger partial charge in [0.15, 0.2) is 6.61 Å². The van der Waals surface area contributed by atoms with Gasteiger partial charge in [-0.2, -0.15) is 5.10 Å². The lowest BCUT2D eigenvalue weighted by Gasteiger charge is -2.11. The molecule has 0 spiro atoms. The number of nitrogens with one attached hydrogen (secondary N) is 3. The Hall–Kier alpha value is -4.66. The molecule has 3 N–H and O–H groups in total. The number of amides is 3. The van der Waals surface area contributed by atoms with Crippen molar-refractivity contribution >= 4 is 35.3 Å². The first-order valence-corrected chi connectivity index (χ1v) is 10.7. The molecule has 9 nitrogen and oxygen atoms in total. The average molecular weight is 475 g/mol. The Morgan fingerprint density at radius 3 is 2.51 bits per heavy atom. The van der Waals surface area contributed by atoms with E-state index in [1.165, 1.54) is 13.3 Å². The monoisotopic (exact) mass is 474 g/mol. The zero-order valence-corrected chi connectivity index (χ0v) is 19.6. The molecule has 9 heteroatoms. The van der Waals surface area contributed by atoms with E-state index in [-0.39, 0.29) is 12.5 Å². The molecule has 3 amide bonds. The van der Waals surface area contributed by atoms with Gasteiger partial charge >= 0.3 is 11.8 Å². The summed E-state index contributed by atoms with van der Waals surface area (Å²) in [4.78, 5) is 36.5. The van der Waals surface area contributed by atoms with E-state index in [9.17, 15) is 14.4 Å². The molecule has 0 aliphatic rings. The summed E-state index contributed by atoms with van der Waals surface area (Å²) in [5.41, 5.74) is 5.80. The van der Waals surface area contributed by atoms with Gasteiger partial charge < -0.3 is 20.1 Å². The number of carbonyl (C=O) groups is 3. The number of anilines is 2. The van der Waals surface area contributed by atoms with Crippen molar-refractivity contribution in [3.8, 4) is 11.5 Å². The number of aryl methyl sites for hydroxylation is 2. The van der Waals surface area contributed by atoms with Gasteiger partial charge in [0.05, 0.1) is 13.3 Å². The van der Waals surface area contributed by atoms with Crippen LogP contribution < -0.4 is 25.5 Å². The number of hydrogen-bond donors (Lipinski definition) is 3. The fraction of sp³-hybridized carbons (Fsp3) is 0.154. The summed E-state index contributed by atoms with van der Waals surface area (Å²) in [5, 5.41) is 9.12. The highest BCUT2D eigenvalue weighted by Crippen LogP contribution is 2.18. The summed E-state index contributed by atoms with van der Waals surface area (Å²) < 4.78 is 10.7. The zero-order chi connectivity index (χ0) is 25.2. The Labute approximate surface area is 203 Å². The molecule has 0 aliphatic heterocycles. The van der Waals surface area contributed by atoms with Crippen molar-refractivity contribution in [1.82, 2.24) is 5.43 Å². The van der Waals surface area contributed by atoms with Crippen molar-refractivity contribution < 1.29 is 23.9 Å². The first-order valence-electron chi connectivity index (χ1n) is 10.7.